The molecule has 0 aliphatic carbocycles. The number of nitrogens with one attached hydrogen (secondary N) is 1. The van der Waals surface area contributed by atoms with Gasteiger partial charge in [-0.3, -0.25) is 4.90 Å². The summed E-state index contributed by atoms with van der Waals surface area (Å²) in [7, 11) is 1.58. The lowest BCUT2D eigenvalue weighted by Crippen LogP contribution is -2.34. The van der Waals surface area contributed by atoms with Crippen molar-refractivity contribution in [2.45, 2.75) is 6.92 Å². The molecule has 0 bridgehead atoms. The normalized spacial score (nSPS) is 10.0. The van der Waals surface area contributed by atoms with E-state index in [-0.39, 0.29) is 11.8 Å². The smallest absolute Gasteiger partial charge is 0.326 e. The largest absolute Gasteiger partial charge is 0.508 e. The summed E-state index contributed by atoms with van der Waals surface area (Å²) in [5.41, 5.74) is 1.29. The molecule has 0 heterocycles. The molecule has 2 amide bonds. The van der Waals surface area contributed by atoms with E-state index in [0.29, 0.717) is 23.7 Å². The van der Waals surface area contributed by atoms with Crippen LogP contribution < -0.4 is 15.0 Å². The summed E-state index contributed by atoms with van der Waals surface area (Å²) in [4.78, 5) is 13.9. The van der Waals surface area contributed by atoms with Crippen molar-refractivity contribution in [3.05, 3.63) is 48.5 Å². The number of carbonyl (C=O) groups is 1. The molecule has 0 unspecified atom stereocenters. The van der Waals surface area contributed by atoms with Crippen LogP contribution in [0.5, 0.6) is 11.5 Å². The summed E-state index contributed by atoms with van der Waals surface area (Å²) >= 11 is 0. The summed E-state index contributed by atoms with van der Waals surface area (Å²) in [6.45, 7) is 2.36. The highest BCUT2D eigenvalue weighted by molar-refractivity contribution is 6.01. The Bertz CT molecular complexity index is 628. The Balaban J connectivity index is 2.16. The third kappa shape index (κ3) is 3.66. The topological polar surface area (TPSA) is 61.8 Å². The Morgan fingerprint density at radius 1 is 1.24 bits per heavy atom. The predicted octanol–water partition coefficient (Wildman–Crippen LogP) is 3.46. The third-order valence-corrected chi connectivity index (χ3v) is 3.02. The molecule has 0 aliphatic rings. The van der Waals surface area contributed by atoms with Crippen LogP contribution in [0.25, 0.3) is 0 Å². The van der Waals surface area contributed by atoms with E-state index < -0.39 is 0 Å². The van der Waals surface area contributed by atoms with E-state index in [1.165, 1.54) is 0 Å². The van der Waals surface area contributed by atoms with Crippen LogP contribution in [0, 0.1) is 0 Å². The van der Waals surface area contributed by atoms with Crippen molar-refractivity contribution in [2.24, 2.45) is 0 Å². The number of amides is 2. The molecule has 0 atom stereocenters. The Labute approximate surface area is 123 Å². The number of hydrogen-bond donors (Lipinski definition) is 2. The first-order chi connectivity index (χ1) is 10.1. The van der Waals surface area contributed by atoms with Crippen LogP contribution >= 0.6 is 0 Å². The lowest BCUT2D eigenvalue weighted by Gasteiger charge is -2.21. The number of nitrogens with zero attached hydrogens (tertiary/aromatic N) is 1. The van der Waals surface area contributed by atoms with E-state index in [1.807, 2.05) is 13.0 Å². The summed E-state index contributed by atoms with van der Waals surface area (Å²) in [5.74, 6) is 0.799. The lowest BCUT2D eigenvalue weighted by molar-refractivity contribution is 0.257. The van der Waals surface area contributed by atoms with Crippen LogP contribution in [0.1, 0.15) is 6.92 Å². The zero-order valence-corrected chi connectivity index (χ0v) is 12.0. The number of benzene rings is 2. The van der Waals surface area contributed by atoms with Crippen molar-refractivity contribution in [1.29, 1.82) is 0 Å². The second kappa shape index (κ2) is 6.65. The average molecular weight is 286 g/mol. The number of phenolic OH excluding ortho intramolecular Hbond substituents is 1. The zero-order chi connectivity index (χ0) is 15.2. The van der Waals surface area contributed by atoms with Gasteiger partial charge in [0.05, 0.1) is 7.11 Å². The summed E-state index contributed by atoms with van der Waals surface area (Å²) < 4.78 is 5.13. The number of hydrogen-bond acceptors (Lipinski definition) is 3. The Morgan fingerprint density at radius 2 is 2.00 bits per heavy atom. The van der Waals surface area contributed by atoms with Gasteiger partial charge in [0.1, 0.15) is 11.5 Å². The molecule has 21 heavy (non-hydrogen) atoms. The Hall–Kier alpha value is -2.69. The monoisotopic (exact) mass is 286 g/mol. The van der Waals surface area contributed by atoms with E-state index in [9.17, 15) is 9.90 Å². The number of ether oxygens (including phenoxy) is 1. The van der Waals surface area contributed by atoms with Crippen LogP contribution in [-0.4, -0.2) is 24.8 Å². The van der Waals surface area contributed by atoms with Gasteiger partial charge in [-0.1, -0.05) is 12.1 Å². The highest BCUT2D eigenvalue weighted by Gasteiger charge is 2.14. The number of carbonyl (C=O) groups excluding carboxylic acids is 1. The molecule has 0 radical (unpaired) electrons. The van der Waals surface area contributed by atoms with Gasteiger partial charge in [-0.05, 0) is 31.2 Å². The SMILES string of the molecule is CCN(C(=O)Nc1cccc(OC)c1)c1cccc(O)c1. The van der Waals surface area contributed by atoms with Gasteiger partial charge in [0.2, 0.25) is 0 Å². The van der Waals surface area contributed by atoms with E-state index >= 15 is 0 Å². The van der Waals surface area contributed by atoms with Crippen molar-refractivity contribution in [3.8, 4) is 11.5 Å². The Kier molecular flexibility index (Phi) is 4.66. The molecule has 2 aromatic rings. The van der Waals surface area contributed by atoms with Crippen molar-refractivity contribution < 1.29 is 14.6 Å². The van der Waals surface area contributed by atoms with Crippen LogP contribution in [-0.2, 0) is 0 Å². The minimum atomic E-state index is -0.267. The molecule has 5 nitrogen and oxygen atoms in total. The van der Waals surface area contributed by atoms with Gasteiger partial charge in [0.15, 0.2) is 0 Å². The minimum Gasteiger partial charge on any atom is -0.508 e. The van der Waals surface area contributed by atoms with E-state index in [0.717, 1.165) is 0 Å². The molecule has 0 aromatic heterocycles. The maximum absolute atomic E-state index is 12.3. The van der Waals surface area contributed by atoms with Crippen LogP contribution in [0.4, 0.5) is 16.2 Å². The molecule has 5 heteroatoms. The molecule has 2 N–H and O–H groups in total. The highest BCUT2D eigenvalue weighted by Crippen LogP contribution is 2.22. The molecule has 0 fully saturated rings. The standard InChI is InChI=1S/C16H18N2O3/c1-3-18(13-7-5-8-14(19)11-13)16(20)17-12-6-4-9-15(10-12)21-2/h4-11,19H,3H2,1-2H3,(H,17,20). The molecule has 0 spiro atoms. The van der Waals surface area contributed by atoms with Gasteiger partial charge < -0.3 is 15.2 Å². The average Bonchev–Trinajstić information content (AvgIpc) is 2.48. The minimum absolute atomic E-state index is 0.125. The molecule has 0 saturated carbocycles. The lowest BCUT2D eigenvalue weighted by atomic mass is 10.2. The predicted molar refractivity (Wildman–Crippen MR) is 83.1 cm³/mol. The first-order valence-corrected chi connectivity index (χ1v) is 6.65. The van der Waals surface area contributed by atoms with Gasteiger partial charge >= 0.3 is 6.03 Å². The van der Waals surface area contributed by atoms with E-state index in [1.54, 1.807) is 54.5 Å². The highest BCUT2D eigenvalue weighted by atomic mass is 16.5. The maximum Gasteiger partial charge on any atom is 0.326 e. The van der Waals surface area contributed by atoms with Crippen LogP contribution in [0.15, 0.2) is 48.5 Å². The third-order valence-electron chi connectivity index (χ3n) is 3.02. The molecule has 110 valence electrons. The number of urea groups is 1. The van der Waals surface area contributed by atoms with Crippen LogP contribution in [0.2, 0.25) is 0 Å². The van der Waals surface area contributed by atoms with Gasteiger partial charge in [-0.2, -0.15) is 0 Å². The van der Waals surface area contributed by atoms with Crippen molar-refractivity contribution in [1.82, 2.24) is 0 Å². The van der Waals surface area contributed by atoms with Gasteiger partial charge in [-0.15, -0.1) is 0 Å². The van der Waals surface area contributed by atoms with E-state index in [4.69, 9.17) is 4.74 Å². The summed E-state index contributed by atoms with van der Waals surface area (Å²) in [5, 5.41) is 12.3. The zero-order valence-electron chi connectivity index (χ0n) is 12.0. The first kappa shape index (κ1) is 14.7. The van der Waals surface area contributed by atoms with Crippen molar-refractivity contribution in [3.63, 3.8) is 0 Å². The molecular weight excluding hydrogens is 268 g/mol. The van der Waals surface area contributed by atoms with Gasteiger partial charge in [0.25, 0.3) is 0 Å². The molecule has 0 saturated heterocycles. The number of anilines is 2. The molecule has 0 aliphatic heterocycles. The summed E-state index contributed by atoms with van der Waals surface area (Å²) in [6, 6.07) is 13.5. The second-order valence-electron chi connectivity index (χ2n) is 4.43. The van der Waals surface area contributed by atoms with Gasteiger partial charge in [-0.25, -0.2) is 4.79 Å². The second-order valence-corrected chi connectivity index (χ2v) is 4.43. The number of phenols is 1. The van der Waals surface area contributed by atoms with E-state index in [2.05, 4.69) is 5.32 Å². The van der Waals surface area contributed by atoms with Crippen molar-refractivity contribution in [2.75, 3.05) is 23.9 Å². The fourth-order valence-corrected chi connectivity index (χ4v) is 2.00. The summed E-state index contributed by atoms with van der Waals surface area (Å²) in [6.07, 6.45) is 0. The number of rotatable bonds is 4. The van der Waals surface area contributed by atoms with Crippen molar-refractivity contribution >= 4 is 17.4 Å². The van der Waals surface area contributed by atoms with Gasteiger partial charge in [0, 0.05) is 30.1 Å². The number of methoxy groups -OCH3 is 1. The molecule has 2 rings (SSSR count). The fraction of sp³-hybridized carbons (Fsp3) is 0.188. The quantitative estimate of drug-likeness (QED) is 0.904. The fourth-order valence-electron chi connectivity index (χ4n) is 2.00. The maximum atomic E-state index is 12.3. The molecule has 2 aromatic carbocycles. The molecular formula is C16H18N2O3. The first-order valence-electron chi connectivity index (χ1n) is 6.65. The van der Waals surface area contributed by atoms with Crippen LogP contribution in [0.3, 0.4) is 0 Å². The number of aromatic hydroxyl groups is 1. The Morgan fingerprint density at radius 3 is 2.67 bits per heavy atom.